The molecular formula is C23H22ClFN4O4S. The van der Waals surface area contributed by atoms with Gasteiger partial charge in [-0.3, -0.25) is 9.79 Å². The van der Waals surface area contributed by atoms with E-state index in [1.807, 2.05) is 10.3 Å². The molecule has 0 saturated carbocycles. The maximum absolute atomic E-state index is 13.8. The van der Waals surface area contributed by atoms with Crippen LogP contribution >= 0.6 is 22.9 Å². The predicted molar refractivity (Wildman–Crippen MR) is 124 cm³/mol. The van der Waals surface area contributed by atoms with Gasteiger partial charge in [0.1, 0.15) is 11.9 Å². The highest BCUT2D eigenvalue weighted by Crippen LogP contribution is 2.42. The molecule has 1 aromatic carbocycles. The molecule has 0 aliphatic carbocycles. The third-order valence-electron chi connectivity index (χ3n) is 5.99. The zero-order valence-electron chi connectivity index (χ0n) is 18.3. The molecule has 34 heavy (non-hydrogen) atoms. The van der Waals surface area contributed by atoms with E-state index >= 15 is 0 Å². The molecule has 2 fully saturated rings. The van der Waals surface area contributed by atoms with Crippen LogP contribution < -0.4 is 5.32 Å². The van der Waals surface area contributed by atoms with Gasteiger partial charge in [-0.25, -0.2) is 14.2 Å². The molecule has 1 aromatic heterocycles. The van der Waals surface area contributed by atoms with Crippen molar-refractivity contribution in [1.82, 2.24) is 15.2 Å². The minimum absolute atomic E-state index is 0.0692. The molecule has 8 nitrogen and oxygen atoms in total. The Kier molecular flexibility index (Phi) is 6.37. The first-order valence-corrected chi connectivity index (χ1v) is 12.2. The lowest BCUT2D eigenvalue weighted by Crippen LogP contribution is -2.47. The number of carbonyl (C=O) groups excluding carboxylic acids is 2. The normalized spacial score (nSPS) is 22.2. The molecule has 3 aliphatic heterocycles. The summed E-state index contributed by atoms with van der Waals surface area (Å²) in [5.74, 6) is -0.653. The van der Waals surface area contributed by atoms with Gasteiger partial charge in [0.25, 0.3) is 0 Å². The Bertz CT molecular complexity index is 1180. The highest BCUT2D eigenvalue weighted by Gasteiger charge is 2.43. The highest BCUT2D eigenvalue weighted by molar-refractivity contribution is 7.11. The van der Waals surface area contributed by atoms with Gasteiger partial charge >= 0.3 is 5.97 Å². The number of thiazole rings is 1. The average molecular weight is 505 g/mol. The molecule has 0 unspecified atom stereocenters. The zero-order chi connectivity index (χ0) is 23.8. The summed E-state index contributed by atoms with van der Waals surface area (Å²) in [6.07, 6.45) is 2.09. The maximum Gasteiger partial charge on any atom is 0.338 e. The topological polar surface area (TPSA) is 93.1 Å². The number of benzene rings is 1. The maximum atomic E-state index is 13.8. The van der Waals surface area contributed by atoms with E-state index in [-0.39, 0.29) is 29.5 Å². The van der Waals surface area contributed by atoms with Crippen LogP contribution in [0.25, 0.3) is 0 Å². The van der Waals surface area contributed by atoms with Crippen LogP contribution in [0.3, 0.4) is 0 Å². The van der Waals surface area contributed by atoms with Crippen molar-refractivity contribution in [2.24, 2.45) is 10.9 Å². The quantitative estimate of drug-likeness (QED) is 0.608. The van der Waals surface area contributed by atoms with Gasteiger partial charge in [-0.15, -0.1) is 11.3 Å². The van der Waals surface area contributed by atoms with Crippen molar-refractivity contribution in [3.63, 3.8) is 0 Å². The first-order valence-electron chi connectivity index (χ1n) is 10.9. The Morgan fingerprint density at radius 1 is 1.38 bits per heavy atom. The minimum Gasteiger partial charge on any atom is -0.463 e. The van der Waals surface area contributed by atoms with Crippen LogP contribution in [0.1, 0.15) is 30.0 Å². The van der Waals surface area contributed by atoms with Gasteiger partial charge in [0.15, 0.2) is 10.8 Å². The van der Waals surface area contributed by atoms with Crippen molar-refractivity contribution in [2.45, 2.75) is 25.4 Å². The number of hydrogen-bond donors (Lipinski definition) is 1. The van der Waals surface area contributed by atoms with Gasteiger partial charge in [0.2, 0.25) is 5.91 Å². The number of fused-ring (bicyclic) bond motifs is 1. The van der Waals surface area contributed by atoms with E-state index in [9.17, 15) is 14.0 Å². The first-order chi connectivity index (χ1) is 16.5. The van der Waals surface area contributed by atoms with Gasteiger partial charge in [-0.2, -0.15) is 0 Å². The number of hydrogen-bond acceptors (Lipinski definition) is 8. The average Bonchev–Trinajstić information content (AvgIpc) is 3.41. The van der Waals surface area contributed by atoms with Crippen LogP contribution in [0.4, 0.5) is 4.39 Å². The van der Waals surface area contributed by atoms with Gasteiger partial charge in [0.05, 0.1) is 37.4 Å². The molecule has 1 amide bonds. The minimum atomic E-state index is -0.799. The highest BCUT2D eigenvalue weighted by atomic mass is 35.5. The molecule has 2 aromatic rings. The number of nitrogens with one attached hydrogen (secondary N) is 1. The second-order valence-electron chi connectivity index (χ2n) is 8.19. The molecule has 4 heterocycles. The predicted octanol–water partition coefficient (Wildman–Crippen LogP) is 3.09. The molecule has 11 heteroatoms. The van der Waals surface area contributed by atoms with Crippen molar-refractivity contribution >= 4 is 40.6 Å². The number of halogens is 2. The van der Waals surface area contributed by atoms with Crippen molar-refractivity contribution in [3.8, 4) is 0 Å². The Morgan fingerprint density at radius 3 is 2.85 bits per heavy atom. The van der Waals surface area contributed by atoms with Gasteiger partial charge < -0.3 is 19.7 Å². The second kappa shape index (κ2) is 9.44. The summed E-state index contributed by atoms with van der Waals surface area (Å²) in [5, 5.41) is 5.75. The standard InChI is InChI=1S/C23H22ClFN4O4S/c1-2-33-23(31)18-17-8-14(27-21(30)12-10-32-11-12)9-29(17)20(22-26-5-6-34-22)28-19(18)15-4-3-13(25)7-16(15)24/h3-7,12,14,19H,2,8-11H2,1H3,(H,27,30)/t14-,19-/m0/s1. The van der Waals surface area contributed by atoms with Crippen LogP contribution in [-0.4, -0.2) is 60.0 Å². The van der Waals surface area contributed by atoms with Crippen molar-refractivity contribution in [1.29, 1.82) is 0 Å². The third kappa shape index (κ3) is 4.21. The number of aliphatic imine (C=N–C) groups is 1. The number of rotatable bonds is 6. The number of nitrogens with zero attached hydrogens (tertiary/aromatic N) is 3. The number of aromatic nitrogens is 1. The number of ether oxygens (including phenoxy) is 2. The van der Waals surface area contributed by atoms with E-state index in [2.05, 4.69) is 10.3 Å². The molecule has 3 aliphatic rings. The van der Waals surface area contributed by atoms with Gasteiger partial charge in [-0.05, 0) is 19.1 Å². The Balaban J connectivity index is 1.59. The molecule has 2 saturated heterocycles. The van der Waals surface area contributed by atoms with Crippen molar-refractivity contribution in [2.75, 3.05) is 26.4 Å². The summed E-state index contributed by atoms with van der Waals surface area (Å²) in [7, 11) is 0. The van der Waals surface area contributed by atoms with Crippen LogP contribution in [0, 0.1) is 11.7 Å². The molecule has 0 spiro atoms. The molecule has 178 valence electrons. The zero-order valence-corrected chi connectivity index (χ0v) is 19.9. The fraction of sp³-hybridized carbons (Fsp3) is 0.391. The summed E-state index contributed by atoms with van der Waals surface area (Å²) in [5.41, 5.74) is 1.52. The fourth-order valence-electron chi connectivity index (χ4n) is 4.32. The lowest BCUT2D eigenvalue weighted by molar-refractivity contribution is -0.140. The van der Waals surface area contributed by atoms with Crippen molar-refractivity contribution in [3.05, 3.63) is 62.5 Å². The van der Waals surface area contributed by atoms with Crippen LogP contribution in [0.15, 0.2) is 46.0 Å². The molecular weight excluding hydrogens is 483 g/mol. The molecule has 0 bridgehead atoms. The van der Waals surface area contributed by atoms with Crippen LogP contribution in [0.2, 0.25) is 5.02 Å². The van der Waals surface area contributed by atoms with E-state index < -0.39 is 17.8 Å². The molecule has 5 rings (SSSR count). The number of esters is 1. The molecule has 2 atom stereocenters. The van der Waals surface area contributed by atoms with Crippen molar-refractivity contribution < 1.29 is 23.5 Å². The van der Waals surface area contributed by atoms with E-state index in [4.69, 9.17) is 26.1 Å². The summed E-state index contributed by atoms with van der Waals surface area (Å²) in [6.45, 7) is 3.17. The summed E-state index contributed by atoms with van der Waals surface area (Å²) < 4.78 is 24.3. The van der Waals surface area contributed by atoms with Crippen LogP contribution in [0.5, 0.6) is 0 Å². The monoisotopic (exact) mass is 504 g/mol. The van der Waals surface area contributed by atoms with E-state index in [1.165, 1.54) is 29.5 Å². The molecule has 0 radical (unpaired) electrons. The van der Waals surface area contributed by atoms with Gasteiger partial charge in [-0.1, -0.05) is 17.7 Å². The van der Waals surface area contributed by atoms with Crippen LogP contribution in [-0.2, 0) is 19.1 Å². The summed E-state index contributed by atoms with van der Waals surface area (Å²) in [4.78, 5) is 37.0. The second-order valence-corrected chi connectivity index (χ2v) is 9.50. The Morgan fingerprint density at radius 2 is 2.21 bits per heavy atom. The summed E-state index contributed by atoms with van der Waals surface area (Å²) in [6, 6.07) is 2.99. The van der Waals surface area contributed by atoms with Gasteiger partial charge in [0, 0.05) is 40.8 Å². The SMILES string of the molecule is CCOC(=O)C1=C2C[C@H](NC(=O)C3COC3)CN2C(c2nccs2)=N[C@H]1c1ccc(F)cc1Cl. The largest absolute Gasteiger partial charge is 0.463 e. The van der Waals surface area contributed by atoms with E-state index in [0.29, 0.717) is 53.9 Å². The van der Waals surface area contributed by atoms with E-state index in [1.54, 1.807) is 13.1 Å². The Labute approximate surface area is 204 Å². The Hall–Kier alpha value is -2.82. The number of amidine groups is 1. The third-order valence-corrected chi connectivity index (χ3v) is 7.09. The molecule has 1 N–H and O–H groups in total. The number of carbonyl (C=O) groups is 2. The first kappa shape index (κ1) is 22.9. The number of amides is 1. The fourth-order valence-corrected chi connectivity index (χ4v) is 5.23. The lowest BCUT2D eigenvalue weighted by Gasteiger charge is -2.31. The smallest absolute Gasteiger partial charge is 0.338 e. The lowest BCUT2D eigenvalue weighted by atomic mass is 9.94. The van der Waals surface area contributed by atoms with E-state index in [0.717, 1.165) is 0 Å². The summed E-state index contributed by atoms with van der Waals surface area (Å²) >= 11 is 7.82.